The van der Waals surface area contributed by atoms with Gasteiger partial charge in [0.15, 0.2) is 0 Å². The Morgan fingerprint density at radius 2 is 2.12 bits per heavy atom. The Morgan fingerprint density at radius 1 is 1.44 bits per heavy atom. The molecule has 96 valence electrons. The smallest absolute Gasteiger partial charge is 0.0791 e. The van der Waals surface area contributed by atoms with E-state index in [1.54, 1.807) is 0 Å². The fraction of sp³-hybridized carbons (Fsp3) is 1.00. The predicted octanol–water partition coefficient (Wildman–Crippen LogP) is -0.0188. The van der Waals surface area contributed by atoms with Gasteiger partial charge in [-0.05, 0) is 40.9 Å². The number of hydrogen-bond donors (Lipinski definition) is 2. The number of nitrogens with zero attached hydrogens (tertiary/aromatic N) is 2. The van der Waals surface area contributed by atoms with E-state index in [-0.39, 0.29) is 6.10 Å². The van der Waals surface area contributed by atoms with Gasteiger partial charge < -0.3 is 15.3 Å². The summed E-state index contributed by atoms with van der Waals surface area (Å²) in [6.45, 7) is 8.21. The first-order valence-corrected chi connectivity index (χ1v) is 6.29. The third-order valence-electron chi connectivity index (χ3n) is 3.17. The lowest BCUT2D eigenvalue weighted by Crippen LogP contribution is -2.41. The zero-order chi connectivity index (χ0) is 12.1. The molecule has 4 heteroatoms. The zero-order valence-corrected chi connectivity index (χ0v) is 11.1. The lowest BCUT2D eigenvalue weighted by atomic mass is 10.2. The Labute approximate surface area is 99.6 Å². The summed E-state index contributed by atoms with van der Waals surface area (Å²) in [5, 5.41) is 13.2. The molecule has 0 aromatic heterocycles. The minimum absolute atomic E-state index is 0.261. The van der Waals surface area contributed by atoms with Gasteiger partial charge in [0.1, 0.15) is 0 Å². The first-order valence-electron chi connectivity index (χ1n) is 6.29. The third-order valence-corrected chi connectivity index (χ3v) is 3.17. The van der Waals surface area contributed by atoms with Crippen molar-refractivity contribution in [3.8, 4) is 0 Å². The molecule has 0 bridgehead atoms. The second kappa shape index (κ2) is 6.55. The van der Waals surface area contributed by atoms with Crippen molar-refractivity contribution in [1.29, 1.82) is 0 Å². The number of likely N-dealkylation sites (tertiary alicyclic amines) is 1. The number of aliphatic hydroxyl groups excluding tert-OH is 1. The lowest BCUT2D eigenvalue weighted by molar-refractivity contribution is 0.131. The van der Waals surface area contributed by atoms with Crippen LogP contribution in [-0.4, -0.2) is 73.4 Å². The van der Waals surface area contributed by atoms with Crippen LogP contribution >= 0.6 is 0 Å². The summed E-state index contributed by atoms with van der Waals surface area (Å²) in [4.78, 5) is 4.50. The minimum Gasteiger partial charge on any atom is -0.390 e. The fourth-order valence-corrected chi connectivity index (χ4v) is 2.21. The lowest BCUT2D eigenvalue weighted by Gasteiger charge is -2.22. The molecule has 0 radical (unpaired) electrons. The van der Waals surface area contributed by atoms with Crippen LogP contribution in [0.1, 0.15) is 20.3 Å². The van der Waals surface area contributed by atoms with E-state index in [1.165, 1.54) is 13.0 Å². The van der Waals surface area contributed by atoms with Crippen molar-refractivity contribution in [2.45, 2.75) is 38.5 Å². The molecule has 0 aromatic rings. The number of likely N-dealkylation sites (N-methyl/N-ethyl adjacent to an activating group) is 1. The monoisotopic (exact) mass is 229 g/mol. The van der Waals surface area contributed by atoms with Crippen LogP contribution < -0.4 is 5.32 Å². The van der Waals surface area contributed by atoms with Crippen LogP contribution in [0.2, 0.25) is 0 Å². The SMILES string of the molecule is CC(C)N1CCC(NCC(O)CN(C)C)C1. The van der Waals surface area contributed by atoms with Crippen molar-refractivity contribution in [2.75, 3.05) is 40.3 Å². The summed E-state index contributed by atoms with van der Waals surface area (Å²) in [6.07, 6.45) is 0.940. The first kappa shape index (κ1) is 13.9. The minimum atomic E-state index is -0.261. The van der Waals surface area contributed by atoms with E-state index >= 15 is 0 Å². The van der Waals surface area contributed by atoms with E-state index in [0.717, 1.165) is 13.1 Å². The van der Waals surface area contributed by atoms with E-state index in [2.05, 4.69) is 24.1 Å². The maximum Gasteiger partial charge on any atom is 0.0791 e. The van der Waals surface area contributed by atoms with Gasteiger partial charge in [0.25, 0.3) is 0 Å². The van der Waals surface area contributed by atoms with Gasteiger partial charge in [0.2, 0.25) is 0 Å². The van der Waals surface area contributed by atoms with Crippen LogP contribution in [0.4, 0.5) is 0 Å². The molecule has 1 rings (SSSR count). The molecule has 0 aliphatic carbocycles. The van der Waals surface area contributed by atoms with Gasteiger partial charge in [-0.25, -0.2) is 0 Å². The topological polar surface area (TPSA) is 38.7 Å². The molecule has 0 spiro atoms. The van der Waals surface area contributed by atoms with Crippen LogP contribution in [0.3, 0.4) is 0 Å². The second-order valence-electron chi connectivity index (χ2n) is 5.40. The average Bonchev–Trinajstić information content (AvgIpc) is 2.61. The molecule has 1 heterocycles. The van der Waals surface area contributed by atoms with E-state index in [9.17, 15) is 5.11 Å². The second-order valence-corrected chi connectivity index (χ2v) is 5.40. The molecule has 2 atom stereocenters. The predicted molar refractivity (Wildman–Crippen MR) is 67.7 cm³/mol. The average molecular weight is 229 g/mol. The molecule has 1 fully saturated rings. The van der Waals surface area contributed by atoms with Crippen LogP contribution in [-0.2, 0) is 0 Å². The van der Waals surface area contributed by atoms with Crippen molar-refractivity contribution in [1.82, 2.24) is 15.1 Å². The molecule has 4 nitrogen and oxygen atoms in total. The standard InChI is InChI=1S/C12H27N3O/c1-10(2)15-6-5-11(8-15)13-7-12(16)9-14(3)4/h10-13,16H,5-9H2,1-4H3. The number of rotatable bonds is 6. The third kappa shape index (κ3) is 4.78. The summed E-state index contributed by atoms with van der Waals surface area (Å²) >= 11 is 0. The van der Waals surface area contributed by atoms with Crippen molar-refractivity contribution in [3.05, 3.63) is 0 Å². The maximum absolute atomic E-state index is 9.74. The fourth-order valence-electron chi connectivity index (χ4n) is 2.21. The highest BCUT2D eigenvalue weighted by atomic mass is 16.3. The highest BCUT2D eigenvalue weighted by Crippen LogP contribution is 2.12. The van der Waals surface area contributed by atoms with E-state index < -0.39 is 0 Å². The Balaban J connectivity index is 2.15. The normalized spacial score (nSPS) is 24.6. The summed E-state index contributed by atoms with van der Waals surface area (Å²) in [7, 11) is 3.97. The molecule has 2 unspecified atom stereocenters. The van der Waals surface area contributed by atoms with E-state index in [4.69, 9.17) is 0 Å². The number of aliphatic hydroxyl groups is 1. The zero-order valence-electron chi connectivity index (χ0n) is 11.1. The first-order chi connectivity index (χ1) is 7.49. The molecule has 0 amide bonds. The molecule has 0 aromatic carbocycles. The molecular formula is C12H27N3O. The quantitative estimate of drug-likeness (QED) is 0.671. The van der Waals surface area contributed by atoms with Crippen molar-refractivity contribution in [3.63, 3.8) is 0 Å². The number of nitrogens with one attached hydrogen (secondary N) is 1. The molecule has 1 aliphatic rings. The largest absolute Gasteiger partial charge is 0.390 e. The Hall–Kier alpha value is -0.160. The van der Waals surface area contributed by atoms with Gasteiger partial charge in [-0.2, -0.15) is 0 Å². The summed E-state index contributed by atoms with van der Waals surface area (Å²) in [5.74, 6) is 0. The molecular weight excluding hydrogens is 202 g/mol. The highest BCUT2D eigenvalue weighted by molar-refractivity contribution is 4.83. The van der Waals surface area contributed by atoms with Gasteiger partial charge >= 0.3 is 0 Å². The van der Waals surface area contributed by atoms with Crippen LogP contribution in [0.25, 0.3) is 0 Å². The van der Waals surface area contributed by atoms with Crippen molar-refractivity contribution < 1.29 is 5.11 Å². The van der Waals surface area contributed by atoms with Gasteiger partial charge in [0.05, 0.1) is 6.10 Å². The Morgan fingerprint density at radius 3 is 2.62 bits per heavy atom. The van der Waals surface area contributed by atoms with Gasteiger partial charge in [-0.3, -0.25) is 4.90 Å². The van der Waals surface area contributed by atoms with Gasteiger partial charge in [-0.1, -0.05) is 0 Å². The molecule has 1 saturated heterocycles. The maximum atomic E-state index is 9.74. The number of hydrogen-bond acceptors (Lipinski definition) is 4. The van der Waals surface area contributed by atoms with E-state index in [0.29, 0.717) is 18.6 Å². The van der Waals surface area contributed by atoms with E-state index in [1.807, 2.05) is 19.0 Å². The molecule has 1 aliphatic heterocycles. The van der Waals surface area contributed by atoms with Gasteiger partial charge in [-0.15, -0.1) is 0 Å². The van der Waals surface area contributed by atoms with Gasteiger partial charge in [0, 0.05) is 31.7 Å². The van der Waals surface area contributed by atoms with Crippen molar-refractivity contribution in [2.24, 2.45) is 0 Å². The van der Waals surface area contributed by atoms with Crippen LogP contribution in [0.15, 0.2) is 0 Å². The molecule has 2 N–H and O–H groups in total. The molecule has 0 saturated carbocycles. The summed E-state index contributed by atoms with van der Waals surface area (Å²) in [5.41, 5.74) is 0. The Kier molecular flexibility index (Phi) is 5.69. The van der Waals surface area contributed by atoms with Crippen molar-refractivity contribution >= 4 is 0 Å². The van der Waals surface area contributed by atoms with Crippen LogP contribution in [0.5, 0.6) is 0 Å². The summed E-state index contributed by atoms with van der Waals surface area (Å²) < 4.78 is 0. The van der Waals surface area contributed by atoms with Crippen LogP contribution in [0, 0.1) is 0 Å². The Bertz CT molecular complexity index is 197. The highest BCUT2D eigenvalue weighted by Gasteiger charge is 2.24. The molecule has 16 heavy (non-hydrogen) atoms. The summed E-state index contributed by atoms with van der Waals surface area (Å²) in [6, 6.07) is 1.19.